The number of alkyl halides is 1. The molecule has 0 bridgehead atoms. The Morgan fingerprint density at radius 2 is 2.06 bits per heavy atom. The van der Waals surface area contributed by atoms with Crippen molar-refractivity contribution in [1.29, 1.82) is 0 Å². The highest BCUT2D eigenvalue weighted by molar-refractivity contribution is 9.09. The van der Waals surface area contributed by atoms with Gasteiger partial charge in [0.25, 0.3) is 5.91 Å². The summed E-state index contributed by atoms with van der Waals surface area (Å²) in [6, 6.07) is 4.85. The molecule has 0 aliphatic carbocycles. The molecule has 1 aromatic carbocycles. The summed E-state index contributed by atoms with van der Waals surface area (Å²) < 4.78 is 0. The topological polar surface area (TPSA) is 29.1 Å². The van der Waals surface area contributed by atoms with Crippen molar-refractivity contribution in [2.45, 2.75) is 13.8 Å². The third-order valence-electron chi connectivity index (χ3n) is 2.26. The smallest absolute Gasteiger partial charge is 0.252 e. The summed E-state index contributed by atoms with van der Waals surface area (Å²) in [5, 5.41) is 4.56. The summed E-state index contributed by atoms with van der Waals surface area (Å²) >= 11 is 15.2. The van der Waals surface area contributed by atoms with Crippen LogP contribution in [0.15, 0.2) is 18.2 Å². The number of amides is 1. The zero-order valence-electron chi connectivity index (χ0n) is 9.69. The molecule has 94 valence electrons. The normalized spacial score (nSPS) is 11.4. The number of hydrogen-bond acceptors (Lipinski definition) is 1. The highest BCUT2D eigenvalue weighted by atomic mass is 79.9. The van der Waals surface area contributed by atoms with Crippen LogP contribution in [0.1, 0.15) is 24.2 Å². The van der Waals surface area contributed by atoms with Crippen LogP contribution in [-0.4, -0.2) is 17.8 Å². The molecular formula is C12H14BrCl2NO. The van der Waals surface area contributed by atoms with Crippen molar-refractivity contribution in [3.05, 3.63) is 33.8 Å². The molecule has 5 heteroatoms. The highest BCUT2D eigenvalue weighted by Gasteiger charge is 2.18. The lowest BCUT2D eigenvalue weighted by molar-refractivity contribution is 0.0940. The summed E-state index contributed by atoms with van der Waals surface area (Å²) in [5.74, 6) is -0.202. The minimum atomic E-state index is -0.202. The molecule has 0 saturated carbocycles. The summed E-state index contributed by atoms with van der Waals surface area (Å²) in [6.07, 6.45) is 0. The number of carbonyl (C=O) groups is 1. The summed E-state index contributed by atoms with van der Waals surface area (Å²) in [7, 11) is 0. The Labute approximate surface area is 120 Å². The largest absolute Gasteiger partial charge is 0.351 e. The van der Waals surface area contributed by atoms with E-state index in [0.717, 1.165) is 5.33 Å². The van der Waals surface area contributed by atoms with Crippen molar-refractivity contribution in [3.63, 3.8) is 0 Å². The molecule has 2 nitrogen and oxygen atoms in total. The van der Waals surface area contributed by atoms with E-state index in [1.165, 1.54) is 0 Å². The standard InChI is InChI=1S/C12H14BrCl2NO/c1-12(2,6-13)7-16-11(17)9-5-8(14)3-4-10(9)15/h3-5H,6-7H2,1-2H3,(H,16,17). The Kier molecular flexibility index (Phi) is 5.29. The van der Waals surface area contributed by atoms with Crippen molar-refractivity contribution in [2.75, 3.05) is 11.9 Å². The maximum atomic E-state index is 11.9. The van der Waals surface area contributed by atoms with E-state index in [9.17, 15) is 4.79 Å². The van der Waals surface area contributed by atoms with Gasteiger partial charge in [0, 0.05) is 16.9 Å². The van der Waals surface area contributed by atoms with E-state index < -0.39 is 0 Å². The van der Waals surface area contributed by atoms with E-state index in [-0.39, 0.29) is 11.3 Å². The van der Waals surface area contributed by atoms with Crippen LogP contribution < -0.4 is 5.32 Å². The van der Waals surface area contributed by atoms with E-state index in [4.69, 9.17) is 23.2 Å². The molecular weight excluding hydrogens is 325 g/mol. The highest BCUT2D eigenvalue weighted by Crippen LogP contribution is 2.21. The SMILES string of the molecule is CC(C)(CBr)CNC(=O)c1cc(Cl)ccc1Cl. The number of rotatable bonds is 4. The van der Waals surface area contributed by atoms with Crippen LogP contribution in [0.25, 0.3) is 0 Å². The van der Waals surface area contributed by atoms with Gasteiger partial charge in [-0.1, -0.05) is 53.0 Å². The van der Waals surface area contributed by atoms with Gasteiger partial charge in [-0.3, -0.25) is 4.79 Å². The van der Waals surface area contributed by atoms with Crippen molar-refractivity contribution in [3.8, 4) is 0 Å². The predicted octanol–water partition coefficient (Wildman–Crippen LogP) is 4.14. The number of carbonyl (C=O) groups excluding carboxylic acids is 1. The monoisotopic (exact) mass is 337 g/mol. The minimum Gasteiger partial charge on any atom is -0.351 e. The molecule has 0 aliphatic heterocycles. The molecule has 0 aliphatic rings. The van der Waals surface area contributed by atoms with E-state index in [1.807, 2.05) is 0 Å². The Morgan fingerprint density at radius 3 is 2.65 bits per heavy atom. The third-order valence-corrected chi connectivity index (χ3v) is 4.34. The molecule has 0 unspecified atom stereocenters. The zero-order chi connectivity index (χ0) is 13.1. The summed E-state index contributed by atoms with van der Waals surface area (Å²) in [4.78, 5) is 11.9. The second-order valence-corrected chi connectivity index (χ2v) is 6.01. The molecule has 0 atom stereocenters. The van der Waals surface area contributed by atoms with Crippen LogP contribution >= 0.6 is 39.1 Å². The minimum absolute atomic E-state index is 0.000706. The van der Waals surface area contributed by atoms with Gasteiger partial charge in [0.2, 0.25) is 0 Å². The maximum absolute atomic E-state index is 11.9. The third kappa shape index (κ3) is 4.49. The van der Waals surface area contributed by atoms with E-state index >= 15 is 0 Å². The summed E-state index contributed by atoms with van der Waals surface area (Å²) in [5.41, 5.74) is 0.408. The molecule has 0 radical (unpaired) electrons. The predicted molar refractivity (Wildman–Crippen MR) is 76.4 cm³/mol. The fraction of sp³-hybridized carbons (Fsp3) is 0.417. The van der Waals surface area contributed by atoms with Crippen LogP contribution in [0, 0.1) is 5.41 Å². The van der Waals surface area contributed by atoms with Crippen LogP contribution in [0.5, 0.6) is 0 Å². The Hall–Kier alpha value is -0.250. The molecule has 1 amide bonds. The second-order valence-electron chi connectivity index (χ2n) is 4.60. The summed E-state index contributed by atoms with van der Waals surface area (Å²) in [6.45, 7) is 4.68. The number of nitrogens with one attached hydrogen (secondary N) is 1. The van der Waals surface area contributed by atoms with Gasteiger partial charge in [0.05, 0.1) is 10.6 Å². The van der Waals surface area contributed by atoms with Gasteiger partial charge in [-0.15, -0.1) is 0 Å². The van der Waals surface area contributed by atoms with Crippen molar-refractivity contribution in [2.24, 2.45) is 5.41 Å². The lowest BCUT2D eigenvalue weighted by atomic mass is 9.97. The second kappa shape index (κ2) is 6.07. The molecule has 1 aromatic rings. The van der Waals surface area contributed by atoms with Gasteiger partial charge in [-0.2, -0.15) is 0 Å². The van der Waals surface area contributed by atoms with Crippen LogP contribution in [-0.2, 0) is 0 Å². The fourth-order valence-electron chi connectivity index (χ4n) is 1.13. The molecule has 0 aromatic heterocycles. The average Bonchev–Trinajstić information content (AvgIpc) is 2.29. The number of hydrogen-bond donors (Lipinski definition) is 1. The molecule has 0 heterocycles. The lowest BCUT2D eigenvalue weighted by Crippen LogP contribution is -2.35. The van der Waals surface area contributed by atoms with Crippen molar-refractivity contribution >= 4 is 45.0 Å². The van der Waals surface area contributed by atoms with Crippen LogP contribution in [0.4, 0.5) is 0 Å². The van der Waals surface area contributed by atoms with Gasteiger partial charge in [0.15, 0.2) is 0 Å². The Balaban J connectivity index is 2.74. The van der Waals surface area contributed by atoms with E-state index in [1.54, 1.807) is 18.2 Å². The first kappa shape index (κ1) is 14.8. The Bertz CT molecular complexity index is 421. The molecule has 1 rings (SSSR count). The van der Waals surface area contributed by atoms with Crippen molar-refractivity contribution in [1.82, 2.24) is 5.32 Å². The molecule has 0 saturated heterocycles. The zero-order valence-corrected chi connectivity index (χ0v) is 12.8. The van der Waals surface area contributed by atoms with E-state index in [0.29, 0.717) is 22.2 Å². The first-order chi connectivity index (χ1) is 7.85. The van der Waals surface area contributed by atoms with Gasteiger partial charge in [0.1, 0.15) is 0 Å². The van der Waals surface area contributed by atoms with Gasteiger partial charge >= 0.3 is 0 Å². The van der Waals surface area contributed by atoms with Crippen LogP contribution in [0.3, 0.4) is 0 Å². The maximum Gasteiger partial charge on any atom is 0.252 e. The molecule has 1 N–H and O–H groups in total. The molecule has 0 spiro atoms. The Morgan fingerprint density at radius 1 is 1.41 bits per heavy atom. The van der Waals surface area contributed by atoms with Gasteiger partial charge in [-0.05, 0) is 23.6 Å². The van der Waals surface area contributed by atoms with Crippen LogP contribution in [0.2, 0.25) is 10.0 Å². The molecule has 17 heavy (non-hydrogen) atoms. The van der Waals surface area contributed by atoms with E-state index in [2.05, 4.69) is 35.1 Å². The lowest BCUT2D eigenvalue weighted by Gasteiger charge is -2.22. The van der Waals surface area contributed by atoms with Gasteiger partial charge < -0.3 is 5.32 Å². The quantitative estimate of drug-likeness (QED) is 0.821. The average molecular weight is 339 g/mol. The fourth-order valence-corrected chi connectivity index (χ4v) is 1.71. The van der Waals surface area contributed by atoms with Gasteiger partial charge in [-0.25, -0.2) is 0 Å². The first-order valence-corrected chi connectivity index (χ1v) is 7.03. The van der Waals surface area contributed by atoms with Crippen molar-refractivity contribution < 1.29 is 4.79 Å². The first-order valence-electron chi connectivity index (χ1n) is 5.15. The number of benzene rings is 1. The molecule has 0 fully saturated rings. The number of halogens is 3.